The molecule has 2 heterocycles. The highest BCUT2D eigenvalue weighted by atomic mass is 19.1. The average molecular weight is 758 g/mol. The highest BCUT2D eigenvalue weighted by molar-refractivity contribution is 6.43. The van der Waals surface area contributed by atoms with Crippen LogP contribution in [0.5, 0.6) is 0 Å². The maximum absolute atomic E-state index is 13.4. The number of amides is 2. The Morgan fingerprint density at radius 1 is 0.709 bits per heavy atom. The Balaban J connectivity index is 0.000000319. The fraction of sp³-hybridized carbons (Fsp3) is 0.282. The summed E-state index contributed by atoms with van der Waals surface area (Å²) >= 11 is 0. The molecule has 4 rings (SSSR count). The van der Waals surface area contributed by atoms with E-state index < -0.39 is 52.1 Å². The Kier molecular flexibility index (Phi) is 14.6. The number of anilines is 1. The van der Waals surface area contributed by atoms with E-state index in [0.29, 0.717) is 11.3 Å². The van der Waals surface area contributed by atoms with Crippen LogP contribution in [0.25, 0.3) is 0 Å². The minimum atomic E-state index is -1.15. The van der Waals surface area contributed by atoms with Crippen LogP contribution in [-0.4, -0.2) is 60.5 Å². The van der Waals surface area contributed by atoms with E-state index in [2.05, 4.69) is 10.6 Å². The lowest BCUT2D eigenvalue weighted by molar-refractivity contribution is -0.119. The van der Waals surface area contributed by atoms with E-state index in [4.69, 9.17) is 21.4 Å². The van der Waals surface area contributed by atoms with Crippen molar-refractivity contribution < 1.29 is 42.7 Å². The number of nitriles is 2. The number of aromatic nitrogens is 2. The van der Waals surface area contributed by atoms with Gasteiger partial charge in [-0.05, 0) is 89.6 Å². The van der Waals surface area contributed by atoms with E-state index >= 15 is 0 Å². The lowest BCUT2D eigenvalue weighted by Gasteiger charge is -2.19. The zero-order valence-electron chi connectivity index (χ0n) is 31.5. The molecule has 14 nitrogen and oxygen atoms in total. The maximum Gasteiger partial charge on any atom is 0.352 e. The number of hydrogen-bond acceptors (Lipinski definition) is 9. The predicted molar refractivity (Wildman–Crippen MR) is 197 cm³/mol. The Hall–Kier alpha value is -6.94. The Morgan fingerprint density at radius 3 is 1.53 bits per heavy atom. The third-order valence-electron chi connectivity index (χ3n) is 7.06. The fourth-order valence-corrected chi connectivity index (χ4v) is 4.60. The number of nitrogen functional groups attached to an aromatic ring is 1. The summed E-state index contributed by atoms with van der Waals surface area (Å²) in [5.41, 5.74) is 5.33. The number of halogens is 2. The van der Waals surface area contributed by atoms with Gasteiger partial charge < -0.3 is 30.6 Å². The van der Waals surface area contributed by atoms with E-state index in [9.17, 15) is 37.5 Å². The number of nitrogens with one attached hydrogen (secondary N) is 2. The van der Waals surface area contributed by atoms with Crippen molar-refractivity contribution in [2.24, 2.45) is 14.1 Å². The number of benzene rings is 2. The van der Waals surface area contributed by atoms with Crippen LogP contribution in [0.2, 0.25) is 0 Å². The standard InChI is InChI=1S/C20H20FN3O3.C12H16N2O4.C7H5FN2/c1-20(2,3)23-19(27)18(26)14-9-16(24(4)11-14)17(25)8-12-5-6-15(21)13(7-12)10-22;1-12(2,3)13-10(16)9(15)7-5-8(11(17)18)14(4)6-7;8-7-2-1-6(10)3-5(7)4-9/h5-7,9,11H,8H2,1-4H3,(H,23,27);5-6H,1-4H3,(H,13,16)(H,17,18);1-3H,10H2. The van der Waals surface area contributed by atoms with E-state index in [1.165, 1.54) is 71.0 Å². The molecule has 0 aliphatic rings. The minimum Gasteiger partial charge on any atom is -0.477 e. The Labute approximate surface area is 316 Å². The molecular formula is C39H41F2N7O7. The number of carboxylic acid groups (broad SMARTS) is 1. The molecule has 0 saturated carbocycles. The molecule has 2 aromatic carbocycles. The number of ketones is 3. The van der Waals surface area contributed by atoms with Gasteiger partial charge in [-0.2, -0.15) is 10.5 Å². The molecule has 5 N–H and O–H groups in total. The summed E-state index contributed by atoms with van der Waals surface area (Å²) < 4.78 is 28.6. The molecule has 2 amide bonds. The van der Waals surface area contributed by atoms with Gasteiger partial charge in [0.25, 0.3) is 23.4 Å². The summed E-state index contributed by atoms with van der Waals surface area (Å²) in [7, 11) is 3.10. The molecule has 0 atom stereocenters. The lowest BCUT2D eigenvalue weighted by atomic mass is 10.0. The highest BCUT2D eigenvalue weighted by Gasteiger charge is 2.25. The van der Waals surface area contributed by atoms with Gasteiger partial charge in [-0.1, -0.05) is 6.07 Å². The van der Waals surface area contributed by atoms with Gasteiger partial charge in [0.2, 0.25) is 0 Å². The van der Waals surface area contributed by atoms with Crippen molar-refractivity contribution in [3.8, 4) is 12.1 Å². The minimum absolute atomic E-state index is 0.0139. The third-order valence-corrected chi connectivity index (χ3v) is 7.06. The van der Waals surface area contributed by atoms with Crippen LogP contribution in [0.15, 0.2) is 60.9 Å². The van der Waals surface area contributed by atoms with Gasteiger partial charge in [0.15, 0.2) is 5.78 Å². The average Bonchev–Trinajstić information content (AvgIpc) is 3.67. The second-order valence-electron chi connectivity index (χ2n) is 14.2. The number of nitrogens with two attached hydrogens (primary N) is 1. The Bertz CT molecular complexity index is 2230. The summed E-state index contributed by atoms with van der Waals surface area (Å²) in [5.74, 6) is -5.60. The van der Waals surface area contributed by atoms with Gasteiger partial charge in [-0.3, -0.25) is 24.0 Å². The Morgan fingerprint density at radius 2 is 1.13 bits per heavy atom. The number of carbonyl (C=O) groups is 6. The largest absolute Gasteiger partial charge is 0.477 e. The molecule has 288 valence electrons. The normalized spacial score (nSPS) is 10.6. The van der Waals surface area contributed by atoms with Gasteiger partial charge in [0.05, 0.1) is 16.8 Å². The first-order valence-corrected chi connectivity index (χ1v) is 16.3. The van der Waals surface area contributed by atoms with Gasteiger partial charge in [-0.15, -0.1) is 0 Å². The van der Waals surface area contributed by atoms with Crippen molar-refractivity contribution in [2.45, 2.75) is 59.0 Å². The highest BCUT2D eigenvalue weighted by Crippen LogP contribution is 2.16. The number of aromatic carboxylic acids is 1. The molecule has 0 aliphatic carbocycles. The van der Waals surface area contributed by atoms with Crippen molar-refractivity contribution in [1.29, 1.82) is 10.5 Å². The number of Topliss-reactive ketones (excluding diaryl/α,β-unsaturated/α-hetero) is 3. The van der Waals surface area contributed by atoms with Gasteiger partial charge >= 0.3 is 5.97 Å². The van der Waals surface area contributed by atoms with E-state index in [1.807, 2.05) is 0 Å². The number of rotatable bonds is 8. The molecule has 0 saturated heterocycles. The van der Waals surface area contributed by atoms with E-state index in [-0.39, 0.29) is 45.8 Å². The number of hydrogen-bond donors (Lipinski definition) is 4. The molecule has 55 heavy (non-hydrogen) atoms. The number of nitrogens with zero attached hydrogens (tertiary/aromatic N) is 4. The quantitative estimate of drug-likeness (QED) is 0.110. The van der Waals surface area contributed by atoms with Crippen molar-refractivity contribution in [2.75, 3.05) is 5.73 Å². The van der Waals surface area contributed by atoms with Crippen LogP contribution in [0.1, 0.15) is 99.9 Å². The summed E-state index contributed by atoms with van der Waals surface area (Å²) in [6.45, 7) is 10.5. The van der Waals surface area contributed by atoms with E-state index in [1.54, 1.807) is 60.7 Å². The molecule has 4 aromatic rings. The van der Waals surface area contributed by atoms with Gasteiger partial charge in [0, 0.05) is 60.8 Å². The van der Waals surface area contributed by atoms with Crippen LogP contribution in [-0.2, 0) is 30.1 Å². The maximum atomic E-state index is 13.4. The molecule has 0 unspecified atom stereocenters. The van der Waals surface area contributed by atoms with Gasteiger partial charge in [0.1, 0.15) is 29.5 Å². The predicted octanol–water partition coefficient (Wildman–Crippen LogP) is 4.66. The number of aryl methyl sites for hydroxylation is 2. The smallest absolute Gasteiger partial charge is 0.352 e. The first kappa shape index (κ1) is 44.2. The van der Waals surface area contributed by atoms with Crippen molar-refractivity contribution in [1.82, 2.24) is 19.8 Å². The molecule has 0 bridgehead atoms. The first-order chi connectivity index (χ1) is 25.4. The van der Waals surface area contributed by atoms with Crippen LogP contribution in [0, 0.1) is 34.3 Å². The second kappa shape index (κ2) is 18.2. The zero-order valence-corrected chi connectivity index (χ0v) is 31.5. The number of carbonyl (C=O) groups excluding carboxylic acids is 5. The van der Waals surface area contributed by atoms with Crippen LogP contribution >= 0.6 is 0 Å². The lowest BCUT2D eigenvalue weighted by Crippen LogP contribution is -2.44. The summed E-state index contributed by atoms with van der Waals surface area (Å²) in [6.07, 6.45) is 2.69. The second-order valence-corrected chi connectivity index (χ2v) is 14.2. The molecule has 0 aliphatic heterocycles. The first-order valence-electron chi connectivity index (χ1n) is 16.3. The van der Waals surface area contributed by atoms with Gasteiger partial charge in [-0.25, -0.2) is 13.6 Å². The molecule has 0 fully saturated rings. The molecule has 0 radical (unpaired) electrons. The van der Waals surface area contributed by atoms with Crippen molar-refractivity contribution >= 4 is 40.8 Å². The SMILES string of the molecule is Cn1cc(C(=O)C(=O)NC(C)(C)C)cc1C(=O)Cc1ccc(F)c(C#N)c1.Cn1cc(C(=O)C(=O)NC(C)(C)C)cc1C(=O)O.N#Cc1cc(N)ccc1F. The van der Waals surface area contributed by atoms with Crippen molar-refractivity contribution in [3.05, 3.63) is 112 Å². The van der Waals surface area contributed by atoms with Crippen molar-refractivity contribution in [3.63, 3.8) is 0 Å². The molecule has 16 heteroatoms. The zero-order chi connectivity index (χ0) is 42.0. The molecule has 0 spiro atoms. The third kappa shape index (κ3) is 13.2. The molecular weight excluding hydrogens is 716 g/mol. The molecule has 2 aromatic heterocycles. The fourth-order valence-electron chi connectivity index (χ4n) is 4.60. The van der Waals surface area contributed by atoms with Crippen LogP contribution < -0.4 is 16.4 Å². The van der Waals surface area contributed by atoms with Crippen LogP contribution in [0.4, 0.5) is 14.5 Å². The summed E-state index contributed by atoms with van der Waals surface area (Å²) in [5, 5.41) is 31.1. The number of carboxylic acids is 1. The monoisotopic (exact) mass is 757 g/mol. The van der Waals surface area contributed by atoms with Crippen LogP contribution in [0.3, 0.4) is 0 Å². The topological polar surface area (TPSA) is 230 Å². The summed E-state index contributed by atoms with van der Waals surface area (Å²) in [6, 6.07) is 13.7. The van der Waals surface area contributed by atoms with E-state index in [0.717, 1.165) is 6.07 Å². The summed E-state index contributed by atoms with van der Waals surface area (Å²) in [4.78, 5) is 71.1.